The highest BCUT2D eigenvalue weighted by Crippen LogP contribution is 2.29. The molecule has 0 aliphatic carbocycles. The number of halogens is 2. The fraction of sp³-hybridized carbons (Fsp3) is 0.0588. The number of carbonyl (C=O) groups excluding carboxylic acids is 1. The fourth-order valence-electron chi connectivity index (χ4n) is 2.28. The van der Waals surface area contributed by atoms with Crippen molar-refractivity contribution in [3.05, 3.63) is 71.9 Å². The number of cyclic esters (lactones) is 1. The van der Waals surface area contributed by atoms with Gasteiger partial charge in [0.2, 0.25) is 5.90 Å². The Hall–Kier alpha value is -2.46. The van der Waals surface area contributed by atoms with Crippen LogP contribution >= 0.6 is 34.2 Å². The predicted molar refractivity (Wildman–Crippen MR) is 104 cm³/mol. The van der Waals surface area contributed by atoms with Crippen molar-refractivity contribution in [3.63, 3.8) is 0 Å². The molecule has 7 nitrogen and oxygen atoms in total. The van der Waals surface area contributed by atoms with Crippen LogP contribution in [0, 0.1) is 13.7 Å². The van der Waals surface area contributed by atoms with Crippen molar-refractivity contribution in [2.45, 2.75) is 0 Å². The van der Waals surface area contributed by atoms with E-state index >= 15 is 0 Å². The Labute approximate surface area is 166 Å². The zero-order chi connectivity index (χ0) is 18.8. The molecule has 1 aliphatic heterocycles. The summed E-state index contributed by atoms with van der Waals surface area (Å²) in [6.07, 6.45) is 1.38. The molecular weight excluding hydrogens is 475 g/mol. The number of hydrogen-bond acceptors (Lipinski definition) is 6. The molecule has 0 fully saturated rings. The van der Waals surface area contributed by atoms with E-state index in [1.54, 1.807) is 12.1 Å². The Morgan fingerprint density at radius 2 is 2.08 bits per heavy atom. The van der Waals surface area contributed by atoms with Gasteiger partial charge in [0, 0.05) is 21.3 Å². The number of non-ortho nitro benzene ring substituents is 1. The first-order valence-corrected chi connectivity index (χ1v) is 8.65. The summed E-state index contributed by atoms with van der Waals surface area (Å²) in [6, 6.07) is 9.30. The topological polar surface area (TPSA) is 91.0 Å². The van der Waals surface area contributed by atoms with Gasteiger partial charge in [-0.2, -0.15) is 0 Å². The Kier molecular flexibility index (Phi) is 5.23. The number of nitrogens with zero attached hydrogens (tertiary/aromatic N) is 2. The van der Waals surface area contributed by atoms with Crippen molar-refractivity contribution in [1.29, 1.82) is 0 Å². The van der Waals surface area contributed by atoms with Gasteiger partial charge in [0.25, 0.3) is 5.69 Å². The van der Waals surface area contributed by atoms with E-state index < -0.39 is 10.9 Å². The molecule has 0 radical (unpaired) electrons. The summed E-state index contributed by atoms with van der Waals surface area (Å²) in [5.74, 6) is -0.232. The van der Waals surface area contributed by atoms with Crippen molar-refractivity contribution in [1.82, 2.24) is 0 Å². The summed E-state index contributed by atoms with van der Waals surface area (Å²) in [5, 5.41) is 11.4. The van der Waals surface area contributed by atoms with Gasteiger partial charge < -0.3 is 9.47 Å². The molecule has 2 aromatic carbocycles. The lowest BCUT2D eigenvalue weighted by atomic mass is 10.1. The number of nitro benzene ring substituents is 1. The average molecular weight is 485 g/mol. The Morgan fingerprint density at radius 3 is 2.77 bits per heavy atom. The molecule has 3 rings (SSSR count). The van der Waals surface area contributed by atoms with Crippen LogP contribution in [0.4, 0.5) is 5.69 Å². The third kappa shape index (κ3) is 3.70. The molecule has 0 atom stereocenters. The molecule has 0 amide bonds. The van der Waals surface area contributed by atoms with Gasteiger partial charge in [-0.25, -0.2) is 9.79 Å². The molecule has 0 saturated carbocycles. The van der Waals surface area contributed by atoms with Gasteiger partial charge in [0.05, 0.1) is 22.6 Å². The lowest BCUT2D eigenvalue weighted by Gasteiger charge is -2.04. The third-order valence-electron chi connectivity index (χ3n) is 3.50. The fourth-order valence-corrected chi connectivity index (χ4v) is 2.97. The minimum absolute atomic E-state index is 0.00581. The van der Waals surface area contributed by atoms with E-state index in [0.717, 1.165) is 3.57 Å². The molecule has 2 aromatic rings. The van der Waals surface area contributed by atoms with E-state index in [1.165, 1.54) is 31.4 Å². The molecule has 26 heavy (non-hydrogen) atoms. The summed E-state index contributed by atoms with van der Waals surface area (Å²) in [4.78, 5) is 26.8. The highest BCUT2D eigenvalue weighted by atomic mass is 127. The molecule has 132 valence electrons. The molecular formula is C17H10ClIN2O5. The summed E-state index contributed by atoms with van der Waals surface area (Å²) in [5.41, 5.74) is 0.691. The summed E-state index contributed by atoms with van der Waals surface area (Å²) >= 11 is 8.25. The zero-order valence-corrected chi connectivity index (χ0v) is 16.1. The van der Waals surface area contributed by atoms with E-state index in [-0.39, 0.29) is 17.3 Å². The first kappa shape index (κ1) is 18.3. The monoisotopic (exact) mass is 484 g/mol. The Balaban J connectivity index is 2.05. The van der Waals surface area contributed by atoms with Crippen LogP contribution in [-0.2, 0) is 9.53 Å². The molecule has 1 heterocycles. The van der Waals surface area contributed by atoms with Gasteiger partial charge in [-0.15, -0.1) is 0 Å². The van der Waals surface area contributed by atoms with Crippen molar-refractivity contribution < 1.29 is 19.2 Å². The standard InChI is InChI=1S/C17H10ClIN2O5/c1-25-15-5-3-11(21(23)24)6-9(15)7-14-17(22)26-16(20-14)12-8-10(19)2-4-13(12)18/h2-8H,1H3/b14-7-. The maximum Gasteiger partial charge on any atom is 0.363 e. The number of benzene rings is 2. The second-order valence-electron chi connectivity index (χ2n) is 5.14. The number of nitro groups is 1. The van der Waals surface area contributed by atoms with Crippen LogP contribution in [0.3, 0.4) is 0 Å². The Morgan fingerprint density at radius 1 is 1.31 bits per heavy atom. The quantitative estimate of drug-likeness (QED) is 0.213. The number of aliphatic imine (C=N–C) groups is 1. The molecule has 9 heteroatoms. The molecule has 0 saturated heterocycles. The van der Waals surface area contributed by atoms with Crippen LogP contribution in [0.5, 0.6) is 5.75 Å². The van der Waals surface area contributed by atoms with Crippen molar-refractivity contribution >= 4 is 57.8 Å². The van der Waals surface area contributed by atoms with E-state index in [1.807, 2.05) is 6.07 Å². The van der Waals surface area contributed by atoms with Gasteiger partial charge in [-0.1, -0.05) is 11.6 Å². The van der Waals surface area contributed by atoms with Crippen LogP contribution in [0.1, 0.15) is 11.1 Å². The number of esters is 1. The van der Waals surface area contributed by atoms with Crippen LogP contribution in [0.25, 0.3) is 6.08 Å². The van der Waals surface area contributed by atoms with Crippen LogP contribution in [0.2, 0.25) is 5.02 Å². The summed E-state index contributed by atoms with van der Waals surface area (Å²) in [6.45, 7) is 0. The van der Waals surface area contributed by atoms with E-state index in [4.69, 9.17) is 21.1 Å². The van der Waals surface area contributed by atoms with Gasteiger partial charge in [0.1, 0.15) is 5.75 Å². The number of methoxy groups -OCH3 is 1. The number of hydrogen-bond donors (Lipinski definition) is 0. The molecule has 0 bridgehead atoms. The van der Waals surface area contributed by atoms with E-state index in [0.29, 0.717) is 21.9 Å². The number of rotatable bonds is 4. The first-order chi connectivity index (χ1) is 12.4. The number of carbonyl (C=O) groups is 1. The van der Waals surface area contributed by atoms with E-state index in [2.05, 4.69) is 27.6 Å². The molecule has 0 aromatic heterocycles. The van der Waals surface area contributed by atoms with Crippen molar-refractivity contribution in [2.24, 2.45) is 4.99 Å². The summed E-state index contributed by atoms with van der Waals surface area (Å²) < 4.78 is 11.3. The molecule has 0 spiro atoms. The van der Waals surface area contributed by atoms with Crippen LogP contribution in [-0.4, -0.2) is 23.9 Å². The normalized spacial score (nSPS) is 15.0. The van der Waals surface area contributed by atoms with Crippen LogP contribution < -0.4 is 4.74 Å². The largest absolute Gasteiger partial charge is 0.496 e. The van der Waals surface area contributed by atoms with Gasteiger partial charge in [-0.3, -0.25) is 10.1 Å². The smallest absolute Gasteiger partial charge is 0.363 e. The molecule has 0 N–H and O–H groups in total. The van der Waals surface area contributed by atoms with Crippen LogP contribution in [0.15, 0.2) is 47.1 Å². The SMILES string of the molecule is COc1ccc([N+](=O)[O-])cc1/C=C1\N=C(c2cc(I)ccc2Cl)OC1=O. The zero-order valence-electron chi connectivity index (χ0n) is 13.2. The van der Waals surface area contributed by atoms with Gasteiger partial charge in [-0.05, 0) is 52.9 Å². The maximum absolute atomic E-state index is 12.2. The minimum atomic E-state index is -0.677. The first-order valence-electron chi connectivity index (χ1n) is 7.19. The highest BCUT2D eigenvalue weighted by molar-refractivity contribution is 14.1. The Bertz CT molecular complexity index is 987. The second-order valence-corrected chi connectivity index (χ2v) is 6.80. The van der Waals surface area contributed by atoms with Crippen molar-refractivity contribution in [2.75, 3.05) is 7.11 Å². The average Bonchev–Trinajstić information content (AvgIpc) is 2.97. The highest BCUT2D eigenvalue weighted by Gasteiger charge is 2.26. The number of ether oxygens (including phenoxy) is 2. The molecule has 1 aliphatic rings. The van der Waals surface area contributed by atoms with Gasteiger partial charge in [0.15, 0.2) is 5.70 Å². The second kappa shape index (κ2) is 7.42. The third-order valence-corrected chi connectivity index (χ3v) is 4.50. The van der Waals surface area contributed by atoms with E-state index in [9.17, 15) is 14.9 Å². The summed E-state index contributed by atoms with van der Waals surface area (Å²) in [7, 11) is 1.43. The lowest BCUT2D eigenvalue weighted by molar-refractivity contribution is -0.384. The minimum Gasteiger partial charge on any atom is -0.496 e. The van der Waals surface area contributed by atoms with Crippen molar-refractivity contribution in [3.8, 4) is 5.75 Å². The maximum atomic E-state index is 12.2. The lowest BCUT2D eigenvalue weighted by Crippen LogP contribution is -2.06. The predicted octanol–water partition coefficient (Wildman–Crippen LogP) is 4.21. The molecule has 0 unspecified atom stereocenters. The van der Waals surface area contributed by atoms with Gasteiger partial charge >= 0.3 is 5.97 Å².